The molecule has 0 aromatic heterocycles. The molecule has 1 unspecified atom stereocenters. The fourth-order valence-electron chi connectivity index (χ4n) is 4.93. The maximum Gasteiger partial charge on any atom is 0.162 e. The largest absolute Gasteiger partial charge is 0.298 e. The van der Waals surface area contributed by atoms with Crippen LogP contribution in [0.4, 0.5) is 0 Å². The molecule has 0 saturated carbocycles. The molecule has 2 nitrogen and oxygen atoms in total. The molecule has 0 amide bonds. The third-order valence-electron chi connectivity index (χ3n) is 6.11. The van der Waals surface area contributed by atoms with Gasteiger partial charge in [0.2, 0.25) is 0 Å². The molecular weight excluding hydrogens is 332 g/mol. The lowest BCUT2D eigenvalue weighted by Gasteiger charge is -2.44. The molecule has 3 aliphatic carbocycles. The van der Waals surface area contributed by atoms with E-state index in [2.05, 4.69) is 36.4 Å². The van der Waals surface area contributed by atoms with Gasteiger partial charge in [0.25, 0.3) is 0 Å². The van der Waals surface area contributed by atoms with E-state index in [9.17, 15) is 9.59 Å². The van der Waals surface area contributed by atoms with Gasteiger partial charge in [0.1, 0.15) is 5.78 Å². The third-order valence-corrected chi connectivity index (χ3v) is 6.11. The van der Waals surface area contributed by atoms with Gasteiger partial charge in [-0.25, -0.2) is 0 Å². The number of Topliss-reactive ketones (excluding diaryl/α,β-unsaturated/α-hetero) is 2. The maximum absolute atomic E-state index is 13.4. The molecule has 6 rings (SSSR count). The highest BCUT2D eigenvalue weighted by atomic mass is 16.1. The van der Waals surface area contributed by atoms with Crippen LogP contribution in [0.15, 0.2) is 78.9 Å². The Morgan fingerprint density at radius 2 is 1.22 bits per heavy atom. The number of ketones is 2. The minimum Gasteiger partial charge on any atom is -0.298 e. The molecule has 0 spiro atoms. The highest BCUT2D eigenvalue weighted by Crippen LogP contribution is 2.54. The van der Waals surface area contributed by atoms with Crippen molar-refractivity contribution in [3.05, 3.63) is 107 Å². The van der Waals surface area contributed by atoms with Crippen LogP contribution in [0.25, 0.3) is 0 Å². The fraction of sp³-hybridized carbons (Fsp3) is 0.200. The van der Waals surface area contributed by atoms with Crippen molar-refractivity contribution in [2.75, 3.05) is 0 Å². The van der Waals surface area contributed by atoms with Crippen LogP contribution in [0.5, 0.6) is 0 Å². The highest BCUT2D eigenvalue weighted by molar-refractivity contribution is 5.99. The van der Waals surface area contributed by atoms with E-state index in [1.54, 1.807) is 0 Å². The van der Waals surface area contributed by atoms with Crippen LogP contribution in [-0.4, -0.2) is 11.6 Å². The summed E-state index contributed by atoms with van der Waals surface area (Å²) in [6.45, 7) is 0. The average molecular weight is 352 g/mol. The summed E-state index contributed by atoms with van der Waals surface area (Å²) in [6, 6.07) is 26.0. The Kier molecular flexibility index (Phi) is 3.78. The van der Waals surface area contributed by atoms with E-state index < -0.39 is 0 Å². The number of fused-ring (bicyclic) bond motifs is 1. The van der Waals surface area contributed by atoms with E-state index in [0.717, 1.165) is 16.7 Å². The van der Waals surface area contributed by atoms with E-state index >= 15 is 0 Å². The van der Waals surface area contributed by atoms with Crippen molar-refractivity contribution < 1.29 is 9.59 Å². The van der Waals surface area contributed by atoms with E-state index in [-0.39, 0.29) is 29.3 Å². The van der Waals surface area contributed by atoms with Gasteiger partial charge in [0.15, 0.2) is 5.78 Å². The molecule has 3 aromatic rings. The second kappa shape index (κ2) is 6.31. The predicted octanol–water partition coefficient (Wildman–Crippen LogP) is 5.13. The lowest BCUT2D eigenvalue weighted by atomic mass is 9.57. The van der Waals surface area contributed by atoms with E-state index in [1.807, 2.05) is 42.5 Å². The first-order valence-corrected chi connectivity index (χ1v) is 9.55. The molecule has 3 aromatic carbocycles. The molecule has 0 fully saturated rings. The summed E-state index contributed by atoms with van der Waals surface area (Å²) < 4.78 is 0. The second-order valence-electron chi connectivity index (χ2n) is 7.51. The molecule has 27 heavy (non-hydrogen) atoms. The van der Waals surface area contributed by atoms with E-state index in [1.165, 1.54) is 11.1 Å². The lowest BCUT2D eigenvalue weighted by molar-refractivity contribution is -0.125. The Balaban J connectivity index is 1.50. The minimum absolute atomic E-state index is 0.0680. The topological polar surface area (TPSA) is 34.1 Å². The molecule has 132 valence electrons. The molecule has 0 radical (unpaired) electrons. The number of hydrogen-bond donors (Lipinski definition) is 0. The van der Waals surface area contributed by atoms with Crippen LogP contribution in [0.1, 0.15) is 57.3 Å². The lowest BCUT2D eigenvalue weighted by Crippen LogP contribution is -2.40. The van der Waals surface area contributed by atoms with Crippen LogP contribution in [0, 0.1) is 5.92 Å². The molecule has 0 N–H and O–H groups in total. The van der Waals surface area contributed by atoms with Gasteiger partial charge in [0, 0.05) is 23.8 Å². The summed E-state index contributed by atoms with van der Waals surface area (Å²) in [5.41, 5.74) is 5.55. The average Bonchev–Trinajstić information content (AvgIpc) is 2.73. The second-order valence-corrected chi connectivity index (χ2v) is 7.51. The smallest absolute Gasteiger partial charge is 0.162 e. The van der Waals surface area contributed by atoms with Crippen molar-refractivity contribution in [2.45, 2.75) is 24.7 Å². The Hall–Kier alpha value is -3.00. The van der Waals surface area contributed by atoms with Crippen LogP contribution < -0.4 is 0 Å². The van der Waals surface area contributed by atoms with Crippen molar-refractivity contribution in [2.24, 2.45) is 5.92 Å². The Labute approximate surface area is 158 Å². The Morgan fingerprint density at radius 1 is 0.704 bits per heavy atom. The SMILES string of the molecule is O=C(CCC1C(=O)C2c3ccccc3C1c1ccccc12)c1ccccc1. The van der Waals surface area contributed by atoms with Crippen molar-refractivity contribution in [1.29, 1.82) is 0 Å². The Bertz CT molecular complexity index is 987. The van der Waals surface area contributed by atoms with Crippen LogP contribution in [0.3, 0.4) is 0 Å². The van der Waals surface area contributed by atoms with Crippen molar-refractivity contribution in [3.63, 3.8) is 0 Å². The maximum atomic E-state index is 13.4. The fourth-order valence-corrected chi connectivity index (χ4v) is 4.93. The van der Waals surface area contributed by atoms with Crippen LogP contribution >= 0.6 is 0 Å². The normalized spacial score (nSPS) is 22.2. The van der Waals surface area contributed by atoms with Crippen molar-refractivity contribution >= 4 is 11.6 Å². The van der Waals surface area contributed by atoms with Crippen molar-refractivity contribution in [3.8, 4) is 0 Å². The summed E-state index contributed by atoms with van der Waals surface area (Å²) in [5, 5.41) is 0. The summed E-state index contributed by atoms with van der Waals surface area (Å²) in [6.07, 6.45) is 1.02. The van der Waals surface area contributed by atoms with E-state index in [4.69, 9.17) is 0 Å². The highest BCUT2D eigenvalue weighted by Gasteiger charge is 2.48. The van der Waals surface area contributed by atoms with Gasteiger partial charge in [-0.3, -0.25) is 9.59 Å². The summed E-state index contributed by atoms with van der Waals surface area (Å²) in [7, 11) is 0. The molecule has 2 heteroatoms. The number of carbonyl (C=O) groups excluding carboxylic acids is 2. The molecule has 1 atom stereocenters. The Morgan fingerprint density at radius 3 is 1.81 bits per heavy atom. The standard InChI is InChI=1S/C25H20O2/c26-22(16-8-2-1-3-9-16)15-14-21-23-17-10-4-6-12-19(17)24(25(21)27)20-13-7-5-11-18(20)23/h1-13,21,23-24H,14-15H2. The van der Waals surface area contributed by atoms with Crippen molar-refractivity contribution in [1.82, 2.24) is 0 Å². The molecular formula is C25H20O2. The van der Waals surface area contributed by atoms with Gasteiger partial charge in [0.05, 0.1) is 5.92 Å². The first kappa shape index (κ1) is 16.2. The van der Waals surface area contributed by atoms with Gasteiger partial charge in [-0.1, -0.05) is 78.9 Å². The van der Waals surface area contributed by atoms with E-state index in [0.29, 0.717) is 12.8 Å². The summed E-state index contributed by atoms with van der Waals surface area (Å²) >= 11 is 0. The molecule has 2 bridgehead atoms. The zero-order chi connectivity index (χ0) is 18.4. The van der Waals surface area contributed by atoms with Gasteiger partial charge >= 0.3 is 0 Å². The van der Waals surface area contributed by atoms with Gasteiger partial charge < -0.3 is 0 Å². The number of rotatable bonds is 4. The predicted molar refractivity (Wildman–Crippen MR) is 105 cm³/mol. The number of benzene rings is 3. The van der Waals surface area contributed by atoms with Gasteiger partial charge in [-0.05, 0) is 28.7 Å². The zero-order valence-electron chi connectivity index (χ0n) is 15.0. The minimum atomic E-state index is -0.181. The molecule has 3 aliphatic rings. The first-order chi connectivity index (χ1) is 13.3. The van der Waals surface area contributed by atoms with Crippen LogP contribution in [-0.2, 0) is 4.79 Å². The van der Waals surface area contributed by atoms with Gasteiger partial charge in [-0.2, -0.15) is 0 Å². The number of carbonyl (C=O) groups is 2. The van der Waals surface area contributed by atoms with Gasteiger partial charge in [-0.15, -0.1) is 0 Å². The zero-order valence-corrected chi connectivity index (χ0v) is 15.0. The quantitative estimate of drug-likeness (QED) is 0.610. The molecule has 0 aliphatic heterocycles. The summed E-state index contributed by atoms with van der Waals surface area (Å²) in [5.74, 6) is 0.162. The molecule has 0 saturated heterocycles. The monoisotopic (exact) mass is 352 g/mol. The first-order valence-electron chi connectivity index (χ1n) is 9.55. The summed E-state index contributed by atoms with van der Waals surface area (Å²) in [4.78, 5) is 25.9. The third kappa shape index (κ3) is 2.48. The van der Waals surface area contributed by atoms with Crippen LogP contribution in [0.2, 0.25) is 0 Å². The molecule has 0 heterocycles. The number of hydrogen-bond acceptors (Lipinski definition) is 2.